The van der Waals surface area contributed by atoms with E-state index in [-0.39, 0.29) is 5.60 Å². The Morgan fingerprint density at radius 1 is 1.19 bits per heavy atom. The molecule has 1 aromatic carbocycles. The lowest BCUT2D eigenvalue weighted by Crippen LogP contribution is -2.25. The average Bonchev–Trinajstić information content (AvgIpc) is 2.24. The Labute approximate surface area is 98.6 Å². The van der Waals surface area contributed by atoms with Crippen LogP contribution in [0.4, 0.5) is 0 Å². The Hall–Kier alpha value is -1.02. The molecule has 90 valence electrons. The number of rotatable bonds is 5. The highest BCUT2D eigenvalue weighted by Gasteiger charge is 2.16. The minimum atomic E-state index is -0.113. The van der Waals surface area contributed by atoms with Gasteiger partial charge < -0.3 is 9.47 Å². The van der Waals surface area contributed by atoms with Crippen molar-refractivity contribution in [1.82, 2.24) is 0 Å². The van der Waals surface area contributed by atoms with Crippen LogP contribution in [-0.2, 0) is 4.74 Å². The van der Waals surface area contributed by atoms with Gasteiger partial charge in [-0.3, -0.25) is 0 Å². The van der Waals surface area contributed by atoms with E-state index >= 15 is 0 Å². The molecule has 0 atom stereocenters. The molecule has 0 aliphatic rings. The van der Waals surface area contributed by atoms with Crippen molar-refractivity contribution in [2.75, 3.05) is 13.7 Å². The molecule has 0 radical (unpaired) electrons. The number of benzene rings is 1. The van der Waals surface area contributed by atoms with Gasteiger partial charge >= 0.3 is 0 Å². The van der Waals surface area contributed by atoms with E-state index in [2.05, 4.69) is 33.8 Å². The zero-order chi connectivity index (χ0) is 12.2. The Morgan fingerprint density at radius 2 is 1.88 bits per heavy atom. The van der Waals surface area contributed by atoms with Crippen LogP contribution in [-0.4, -0.2) is 19.3 Å². The quantitative estimate of drug-likeness (QED) is 0.759. The zero-order valence-electron chi connectivity index (χ0n) is 11.0. The van der Waals surface area contributed by atoms with Crippen molar-refractivity contribution >= 4 is 0 Å². The third-order valence-corrected chi connectivity index (χ3v) is 3.07. The maximum Gasteiger partial charge on any atom is 0.122 e. The van der Waals surface area contributed by atoms with Gasteiger partial charge in [-0.25, -0.2) is 0 Å². The van der Waals surface area contributed by atoms with Crippen molar-refractivity contribution in [3.05, 3.63) is 29.3 Å². The molecule has 1 rings (SSSR count). The maximum absolute atomic E-state index is 5.78. The van der Waals surface area contributed by atoms with Gasteiger partial charge in [0.15, 0.2) is 0 Å². The van der Waals surface area contributed by atoms with Crippen molar-refractivity contribution in [3.8, 4) is 5.75 Å². The molecule has 0 heterocycles. The molecule has 0 saturated heterocycles. The third-order valence-electron chi connectivity index (χ3n) is 3.07. The lowest BCUT2D eigenvalue weighted by Gasteiger charge is -2.23. The summed E-state index contributed by atoms with van der Waals surface area (Å²) in [5.41, 5.74) is 2.37. The van der Waals surface area contributed by atoms with Crippen LogP contribution < -0.4 is 4.74 Å². The predicted molar refractivity (Wildman–Crippen MR) is 67.1 cm³/mol. The standard InChI is InChI=1S/C14H22O2/c1-11-7-6-8-13(12(11)2)16-10-9-14(3,4)15-5/h6-8H,9-10H2,1-5H3. The Bertz CT molecular complexity index is 343. The van der Waals surface area contributed by atoms with Gasteiger partial charge in [-0.1, -0.05) is 12.1 Å². The van der Waals surface area contributed by atoms with Gasteiger partial charge in [-0.2, -0.15) is 0 Å². The fourth-order valence-electron chi connectivity index (χ4n) is 1.39. The summed E-state index contributed by atoms with van der Waals surface area (Å²) in [5.74, 6) is 0.979. The number of hydrogen-bond donors (Lipinski definition) is 0. The van der Waals surface area contributed by atoms with E-state index in [0.717, 1.165) is 12.2 Å². The molecule has 0 amide bonds. The summed E-state index contributed by atoms with van der Waals surface area (Å²) in [4.78, 5) is 0. The lowest BCUT2D eigenvalue weighted by atomic mass is 10.1. The van der Waals surface area contributed by atoms with Crippen molar-refractivity contribution in [2.24, 2.45) is 0 Å². The van der Waals surface area contributed by atoms with Gasteiger partial charge in [0.25, 0.3) is 0 Å². The molecule has 0 N–H and O–H groups in total. The van der Waals surface area contributed by atoms with Crippen LogP contribution in [0.15, 0.2) is 18.2 Å². The smallest absolute Gasteiger partial charge is 0.122 e. The predicted octanol–water partition coefficient (Wildman–Crippen LogP) is 3.50. The van der Waals surface area contributed by atoms with E-state index in [0.29, 0.717) is 6.61 Å². The van der Waals surface area contributed by atoms with Gasteiger partial charge in [0.2, 0.25) is 0 Å². The molecule has 0 aromatic heterocycles. The molecule has 0 aliphatic heterocycles. The van der Waals surface area contributed by atoms with Crippen LogP contribution in [0.1, 0.15) is 31.4 Å². The maximum atomic E-state index is 5.78. The minimum absolute atomic E-state index is 0.113. The first-order chi connectivity index (χ1) is 7.46. The highest BCUT2D eigenvalue weighted by Crippen LogP contribution is 2.21. The fraction of sp³-hybridized carbons (Fsp3) is 0.571. The molecular weight excluding hydrogens is 200 g/mol. The SMILES string of the molecule is COC(C)(C)CCOc1cccc(C)c1C. The van der Waals surface area contributed by atoms with Gasteiger partial charge in [0.1, 0.15) is 5.75 Å². The normalized spacial score (nSPS) is 11.6. The molecule has 2 heteroatoms. The van der Waals surface area contributed by atoms with Crippen LogP contribution in [0.25, 0.3) is 0 Å². The summed E-state index contributed by atoms with van der Waals surface area (Å²) < 4.78 is 11.1. The second-order valence-electron chi connectivity index (χ2n) is 4.76. The van der Waals surface area contributed by atoms with Gasteiger partial charge in [0, 0.05) is 13.5 Å². The van der Waals surface area contributed by atoms with Gasteiger partial charge in [-0.15, -0.1) is 0 Å². The number of ether oxygens (including phenoxy) is 2. The lowest BCUT2D eigenvalue weighted by molar-refractivity contribution is 0.00539. The van der Waals surface area contributed by atoms with Crippen molar-refractivity contribution in [3.63, 3.8) is 0 Å². The highest BCUT2D eigenvalue weighted by molar-refractivity contribution is 5.38. The molecule has 0 spiro atoms. The van der Waals surface area contributed by atoms with Crippen molar-refractivity contribution in [1.29, 1.82) is 0 Å². The average molecular weight is 222 g/mol. The monoisotopic (exact) mass is 222 g/mol. The summed E-state index contributed by atoms with van der Waals surface area (Å²) in [6.45, 7) is 9.01. The molecule has 2 nitrogen and oxygen atoms in total. The molecule has 0 saturated carbocycles. The van der Waals surface area contributed by atoms with Crippen molar-refractivity contribution < 1.29 is 9.47 Å². The summed E-state index contributed by atoms with van der Waals surface area (Å²) in [7, 11) is 1.73. The van der Waals surface area contributed by atoms with Crippen LogP contribution >= 0.6 is 0 Å². The van der Waals surface area contributed by atoms with Crippen LogP contribution in [0.5, 0.6) is 5.75 Å². The molecular formula is C14H22O2. The Kier molecular flexibility index (Phi) is 4.36. The molecule has 0 bridgehead atoms. The van der Waals surface area contributed by atoms with E-state index in [4.69, 9.17) is 9.47 Å². The van der Waals surface area contributed by atoms with Crippen LogP contribution in [0.2, 0.25) is 0 Å². The van der Waals surface area contributed by atoms with E-state index in [9.17, 15) is 0 Å². The summed E-state index contributed by atoms with van der Waals surface area (Å²) in [6, 6.07) is 6.14. The molecule has 1 aromatic rings. The third kappa shape index (κ3) is 3.53. The minimum Gasteiger partial charge on any atom is -0.493 e. The molecule has 0 fully saturated rings. The Balaban J connectivity index is 2.53. The van der Waals surface area contributed by atoms with E-state index in [1.165, 1.54) is 11.1 Å². The van der Waals surface area contributed by atoms with Crippen molar-refractivity contribution in [2.45, 2.75) is 39.7 Å². The first-order valence-electron chi connectivity index (χ1n) is 5.70. The van der Waals surface area contributed by atoms with Crippen LogP contribution in [0, 0.1) is 13.8 Å². The second-order valence-corrected chi connectivity index (χ2v) is 4.76. The van der Waals surface area contributed by atoms with E-state index < -0.39 is 0 Å². The fourth-order valence-corrected chi connectivity index (χ4v) is 1.39. The van der Waals surface area contributed by atoms with Gasteiger partial charge in [0.05, 0.1) is 12.2 Å². The largest absolute Gasteiger partial charge is 0.493 e. The summed E-state index contributed by atoms with van der Waals surface area (Å²) in [5, 5.41) is 0. The number of hydrogen-bond acceptors (Lipinski definition) is 2. The van der Waals surface area contributed by atoms with E-state index in [1.807, 2.05) is 12.1 Å². The number of methoxy groups -OCH3 is 1. The summed E-state index contributed by atoms with van der Waals surface area (Å²) >= 11 is 0. The second kappa shape index (κ2) is 5.35. The van der Waals surface area contributed by atoms with E-state index in [1.54, 1.807) is 7.11 Å². The first kappa shape index (κ1) is 13.0. The summed E-state index contributed by atoms with van der Waals surface area (Å²) in [6.07, 6.45) is 0.886. The zero-order valence-corrected chi connectivity index (χ0v) is 11.0. The topological polar surface area (TPSA) is 18.5 Å². The highest BCUT2D eigenvalue weighted by atomic mass is 16.5. The number of aryl methyl sites for hydroxylation is 1. The van der Waals surface area contributed by atoms with Crippen LogP contribution in [0.3, 0.4) is 0 Å². The Morgan fingerprint density at radius 3 is 2.50 bits per heavy atom. The molecule has 0 unspecified atom stereocenters. The first-order valence-corrected chi connectivity index (χ1v) is 5.70. The van der Waals surface area contributed by atoms with Gasteiger partial charge in [-0.05, 0) is 44.9 Å². The molecule has 16 heavy (non-hydrogen) atoms. The molecule has 0 aliphatic carbocycles.